The smallest absolute Gasteiger partial charge is 0.350 e. The average Bonchev–Trinajstić information content (AvgIpc) is 3.26. The van der Waals surface area contributed by atoms with Gasteiger partial charge in [-0.3, -0.25) is 4.79 Å². The number of imidazole rings is 1. The number of aromatic amines is 1. The van der Waals surface area contributed by atoms with Gasteiger partial charge in [-0.15, -0.1) is 11.3 Å². The summed E-state index contributed by atoms with van der Waals surface area (Å²) in [5.74, 6) is -0.325. The van der Waals surface area contributed by atoms with Crippen molar-refractivity contribution in [1.82, 2.24) is 20.3 Å². The molecule has 2 heterocycles. The topological polar surface area (TPSA) is 70.7 Å². The lowest BCUT2D eigenvalue weighted by Crippen LogP contribution is -2.26. The fourth-order valence-electron chi connectivity index (χ4n) is 2.14. The molecule has 3 rings (SSSR count). The van der Waals surface area contributed by atoms with Gasteiger partial charge in [0.25, 0.3) is 5.91 Å². The van der Waals surface area contributed by atoms with Gasteiger partial charge in [0.05, 0.1) is 11.9 Å². The molecule has 1 amide bonds. The first-order chi connectivity index (χ1) is 11.9. The molecule has 3 aromatic rings. The minimum atomic E-state index is -4.37. The highest BCUT2D eigenvalue weighted by atomic mass is 32.1. The van der Waals surface area contributed by atoms with Crippen molar-refractivity contribution >= 4 is 17.2 Å². The summed E-state index contributed by atoms with van der Waals surface area (Å²) >= 11 is 1.21. The van der Waals surface area contributed by atoms with Crippen LogP contribution in [0.3, 0.4) is 0 Å². The van der Waals surface area contributed by atoms with Gasteiger partial charge in [0, 0.05) is 35.8 Å². The summed E-state index contributed by atoms with van der Waals surface area (Å²) in [5.41, 5.74) is 0.965. The maximum atomic E-state index is 12.6. The number of nitrogens with zero attached hydrogens (tertiary/aromatic N) is 2. The predicted octanol–water partition coefficient (Wildman–Crippen LogP) is 3.52. The molecule has 0 saturated carbocycles. The van der Waals surface area contributed by atoms with Crippen LogP contribution in [0.2, 0.25) is 0 Å². The van der Waals surface area contributed by atoms with Crippen molar-refractivity contribution in [2.75, 3.05) is 6.54 Å². The number of amides is 1. The van der Waals surface area contributed by atoms with Crippen LogP contribution in [-0.4, -0.2) is 27.4 Å². The van der Waals surface area contributed by atoms with Gasteiger partial charge in [-0.1, -0.05) is 12.1 Å². The standard InChI is InChI=1S/C16H13F3N4OS/c17-16(18,19)11-3-1-10(2-4-11)15-23-13(8-25-15)14(24)21-6-5-12-7-20-9-22-12/h1-4,7-9H,5-6H2,(H,20,22)(H,21,24). The molecule has 0 radical (unpaired) electrons. The highest BCUT2D eigenvalue weighted by molar-refractivity contribution is 7.13. The lowest BCUT2D eigenvalue weighted by atomic mass is 10.1. The molecule has 0 saturated heterocycles. The van der Waals surface area contributed by atoms with Crippen molar-refractivity contribution in [3.05, 3.63) is 59.1 Å². The van der Waals surface area contributed by atoms with Crippen molar-refractivity contribution in [3.63, 3.8) is 0 Å². The molecule has 0 unspecified atom stereocenters. The Labute approximate surface area is 145 Å². The van der Waals surface area contributed by atoms with E-state index in [1.165, 1.54) is 23.5 Å². The van der Waals surface area contributed by atoms with E-state index in [9.17, 15) is 18.0 Å². The number of rotatable bonds is 5. The van der Waals surface area contributed by atoms with E-state index in [0.717, 1.165) is 17.8 Å². The van der Waals surface area contributed by atoms with Crippen molar-refractivity contribution in [3.8, 4) is 10.6 Å². The monoisotopic (exact) mass is 366 g/mol. The lowest BCUT2D eigenvalue weighted by molar-refractivity contribution is -0.137. The van der Waals surface area contributed by atoms with E-state index < -0.39 is 11.7 Å². The van der Waals surface area contributed by atoms with Crippen LogP contribution in [0.4, 0.5) is 13.2 Å². The van der Waals surface area contributed by atoms with Crippen molar-refractivity contribution in [2.24, 2.45) is 0 Å². The van der Waals surface area contributed by atoms with Gasteiger partial charge in [0.15, 0.2) is 0 Å². The van der Waals surface area contributed by atoms with Crippen LogP contribution in [0, 0.1) is 0 Å². The molecule has 25 heavy (non-hydrogen) atoms. The number of thiazole rings is 1. The summed E-state index contributed by atoms with van der Waals surface area (Å²) in [7, 11) is 0. The molecule has 1 aromatic carbocycles. The summed E-state index contributed by atoms with van der Waals surface area (Å²) in [6.45, 7) is 0.425. The Kier molecular flexibility index (Phi) is 4.84. The quantitative estimate of drug-likeness (QED) is 0.726. The zero-order valence-corrected chi connectivity index (χ0v) is 13.6. The Morgan fingerprint density at radius 3 is 2.64 bits per heavy atom. The average molecular weight is 366 g/mol. The second-order valence-corrected chi connectivity index (χ2v) is 6.05. The van der Waals surface area contributed by atoms with Gasteiger partial charge in [-0.25, -0.2) is 9.97 Å². The van der Waals surface area contributed by atoms with Gasteiger partial charge < -0.3 is 10.3 Å². The fraction of sp³-hybridized carbons (Fsp3) is 0.188. The second-order valence-electron chi connectivity index (χ2n) is 5.20. The van der Waals surface area contributed by atoms with E-state index in [-0.39, 0.29) is 11.6 Å². The van der Waals surface area contributed by atoms with Crippen LogP contribution in [0.5, 0.6) is 0 Å². The van der Waals surface area contributed by atoms with Gasteiger partial charge >= 0.3 is 6.18 Å². The van der Waals surface area contributed by atoms with E-state index in [2.05, 4.69) is 20.3 Å². The molecule has 9 heteroatoms. The highest BCUT2D eigenvalue weighted by Crippen LogP contribution is 2.31. The van der Waals surface area contributed by atoms with Crippen LogP contribution in [0.25, 0.3) is 10.6 Å². The van der Waals surface area contributed by atoms with Gasteiger partial charge in [-0.05, 0) is 12.1 Å². The summed E-state index contributed by atoms with van der Waals surface area (Å²) in [6, 6.07) is 4.70. The maximum absolute atomic E-state index is 12.6. The number of nitrogens with one attached hydrogen (secondary N) is 2. The number of alkyl halides is 3. The third-order valence-electron chi connectivity index (χ3n) is 3.43. The first-order valence-corrected chi connectivity index (χ1v) is 8.20. The van der Waals surface area contributed by atoms with E-state index in [4.69, 9.17) is 0 Å². The Morgan fingerprint density at radius 1 is 1.24 bits per heavy atom. The molecule has 0 atom stereocenters. The van der Waals surface area contributed by atoms with E-state index >= 15 is 0 Å². The molecule has 0 fully saturated rings. The Morgan fingerprint density at radius 2 is 2.00 bits per heavy atom. The normalized spacial score (nSPS) is 11.5. The molecule has 0 aliphatic rings. The van der Waals surface area contributed by atoms with Gasteiger partial charge in [0.1, 0.15) is 10.7 Å². The van der Waals surface area contributed by atoms with Crippen LogP contribution in [0.1, 0.15) is 21.7 Å². The summed E-state index contributed by atoms with van der Waals surface area (Å²) in [5, 5.41) is 4.81. The molecule has 0 bridgehead atoms. The number of benzene rings is 1. The summed E-state index contributed by atoms with van der Waals surface area (Å²) in [4.78, 5) is 23.1. The molecule has 0 spiro atoms. The summed E-state index contributed by atoms with van der Waals surface area (Å²) in [6.07, 6.45) is -0.519. The molecular weight excluding hydrogens is 353 g/mol. The summed E-state index contributed by atoms with van der Waals surface area (Å²) < 4.78 is 37.7. The molecule has 0 aliphatic carbocycles. The number of H-pyrrole nitrogens is 1. The Hall–Kier alpha value is -2.68. The highest BCUT2D eigenvalue weighted by Gasteiger charge is 2.30. The van der Waals surface area contributed by atoms with Crippen molar-refractivity contribution in [1.29, 1.82) is 0 Å². The predicted molar refractivity (Wildman–Crippen MR) is 87.2 cm³/mol. The van der Waals surface area contributed by atoms with E-state index in [1.54, 1.807) is 17.9 Å². The van der Waals surface area contributed by atoms with Crippen LogP contribution in [-0.2, 0) is 12.6 Å². The largest absolute Gasteiger partial charge is 0.416 e. The molecule has 5 nitrogen and oxygen atoms in total. The zero-order valence-electron chi connectivity index (χ0n) is 12.8. The van der Waals surface area contributed by atoms with Gasteiger partial charge in [-0.2, -0.15) is 13.2 Å². The van der Waals surface area contributed by atoms with E-state index in [1.807, 2.05) is 0 Å². The first-order valence-electron chi connectivity index (χ1n) is 7.32. The third kappa shape index (κ3) is 4.24. The van der Waals surface area contributed by atoms with Crippen LogP contribution < -0.4 is 5.32 Å². The first kappa shape index (κ1) is 17.2. The molecule has 130 valence electrons. The third-order valence-corrected chi connectivity index (χ3v) is 4.32. The lowest BCUT2D eigenvalue weighted by Gasteiger charge is -2.06. The number of hydrogen-bond donors (Lipinski definition) is 2. The van der Waals surface area contributed by atoms with Crippen LogP contribution in [0.15, 0.2) is 42.2 Å². The molecule has 2 aromatic heterocycles. The number of hydrogen-bond acceptors (Lipinski definition) is 4. The van der Waals surface area contributed by atoms with Gasteiger partial charge in [0.2, 0.25) is 0 Å². The fourth-order valence-corrected chi connectivity index (χ4v) is 2.94. The maximum Gasteiger partial charge on any atom is 0.416 e. The van der Waals surface area contributed by atoms with Crippen molar-refractivity contribution in [2.45, 2.75) is 12.6 Å². The Bertz CT molecular complexity index is 841. The number of aromatic nitrogens is 3. The number of carbonyl (C=O) groups excluding carboxylic acids is 1. The molecular formula is C16H13F3N4OS. The number of halogens is 3. The second kappa shape index (κ2) is 7.06. The van der Waals surface area contributed by atoms with Crippen molar-refractivity contribution < 1.29 is 18.0 Å². The minimum Gasteiger partial charge on any atom is -0.350 e. The molecule has 0 aliphatic heterocycles. The van der Waals surface area contributed by atoms with E-state index in [0.29, 0.717) is 23.5 Å². The molecule has 2 N–H and O–H groups in total. The number of carbonyl (C=O) groups is 1. The Balaban J connectivity index is 1.62. The minimum absolute atomic E-state index is 0.240. The zero-order chi connectivity index (χ0) is 17.9. The van der Waals surface area contributed by atoms with Crippen LogP contribution >= 0.6 is 11.3 Å². The SMILES string of the molecule is O=C(NCCc1cnc[nH]1)c1csc(-c2ccc(C(F)(F)F)cc2)n1.